The van der Waals surface area contributed by atoms with Crippen LogP contribution in [-0.2, 0) is 40.1 Å². The van der Waals surface area contributed by atoms with Crippen molar-refractivity contribution in [3.63, 3.8) is 0 Å². The van der Waals surface area contributed by atoms with E-state index in [1.54, 1.807) is 24.8 Å². The summed E-state index contributed by atoms with van der Waals surface area (Å²) in [7, 11) is 0. The number of carbonyl (C=O) groups is 5. The maximum atomic E-state index is 13.8. The third-order valence-electron chi connectivity index (χ3n) is 9.13. The molecule has 3 heterocycles. The summed E-state index contributed by atoms with van der Waals surface area (Å²) in [5.41, 5.74) is 3.45. The lowest BCUT2D eigenvalue weighted by Gasteiger charge is -2.29. The van der Waals surface area contributed by atoms with Gasteiger partial charge in [-0.2, -0.15) is 0 Å². The minimum absolute atomic E-state index is 0.0186. The largest absolute Gasteiger partial charge is 0.445 e. The third kappa shape index (κ3) is 9.31. The summed E-state index contributed by atoms with van der Waals surface area (Å²) in [5.74, 6) is 4.36. The fourth-order valence-electron chi connectivity index (χ4n) is 6.15. The molecule has 0 saturated carbocycles. The van der Waals surface area contributed by atoms with Crippen LogP contribution < -0.4 is 10.2 Å². The zero-order valence-electron chi connectivity index (χ0n) is 30.7. The summed E-state index contributed by atoms with van der Waals surface area (Å²) in [5, 5.41) is 7.70. The number of carbonyl (C=O) groups excluding carboxylic acids is 5. The summed E-state index contributed by atoms with van der Waals surface area (Å²) in [4.78, 5) is 74.7. The standard InChI is InChI=1S/C41H42N4O9/c1-40(2,21-22-52-41(3,4)24-37(48)54-45-35(46)19-20-36(45)47)42-39(50)51-26-27-13-15-29(16-14-27)33-23-31(53-43-33)25-44-34-12-8-6-10-30(34)18-17-28-9-5-7-11-32(28)38(44)49/h5-16,31H,19-26H2,1-4H3,(H,42,50). The lowest BCUT2D eigenvalue weighted by atomic mass is 10.0. The molecule has 3 aliphatic heterocycles. The Morgan fingerprint density at radius 1 is 0.907 bits per heavy atom. The van der Waals surface area contributed by atoms with Crippen LogP contribution in [0, 0.1) is 11.8 Å². The van der Waals surface area contributed by atoms with Crippen LogP contribution in [0.4, 0.5) is 10.5 Å². The number of nitrogens with one attached hydrogen (secondary N) is 1. The molecule has 1 fully saturated rings. The zero-order chi connectivity index (χ0) is 38.5. The van der Waals surface area contributed by atoms with E-state index in [0.29, 0.717) is 35.6 Å². The van der Waals surface area contributed by atoms with Crippen molar-refractivity contribution in [2.24, 2.45) is 5.16 Å². The van der Waals surface area contributed by atoms with E-state index in [0.717, 1.165) is 28.1 Å². The number of rotatable bonds is 13. The second-order valence-electron chi connectivity index (χ2n) is 14.6. The van der Waals surface area contributed by atoms with Gasteiger partial charge in [0.25, 0.3) is 17.7 Å². The van der Waals surface area contributed by atoms with Gasteiger partial charge < -0.3 is 29.4 Å². The first kappa shape index (κ1) is 37.7. The van der Waals surface area contributed by atoms with E-state index in [1.165, 1.54) is 0 Å². The number of imide groups is 1. The van der Waals surface area contributed by atoms with E-state index in [9.17, 15) is 24.0 Å². The molecule has 1 atom stereocenters. The fourth-order valence-corrected chi connectivity index (χ4v) is 6.15. The van der Waals surface area contributed by atoms with Gasteiger partial charge in [-0.25, -0.2) is 9.59 Å². The summed E-state index contributed by atoms with van der Waals surface area (Å²) in [6.07, 6.45) is -0.202. The highest BCUT2D eigenvalue weighted by Gasteiger charge is 2.35. The number of benzene rings is 3. The number of nitrogens with zero attached hydrogens (tertiary/aromatic N) is 3. The molecular weight excluding hydrogens is 692 g/mol. The first-order valence-electron chi connectivity index (χ1n) is 17.8. The van der Waals surface area contributed by atoms with Crippen LogP contribution in [-0.4, -0.2) is 71.0 Å². The number of alkyl carbamates (subject to hydrolysis) is 1. The molecule has 3 aromatic carbocycles. The van der Waals surface area contributed by atoms with Gasteiger partial charge in [-0.1, -0.05) is 65.5 Å². The first-order chi connectivity index (χ1) is 25.8. The highest BCUT2D eigenvalue weighted by molar-refractivity contribution is 6.09. The van der Waals surface area contributed by atoms with E-state index in [-0.39, 0.29) is 44.5 Å². The van der Waals surface area contributed by atoms with Crippen molar-refractivity contribution in [2.75, 3.05) is 18.1 Å². The van der Waals surface area contributed by atoms with E-state index in [2.05, 4.69) is 22.3 Å². The molecule has 0 spiro atoms. The Morgan fingerprint density at radius 3 is 2.31 bits per heavy atom. The van der Waals surface area contributed by atoms with Gasteiger partial charge in [-0.3, -0.25) is 14.4 Å². The first-order valence-corrected chi connectivity index (χ1v) is 17.8. The molecule has 13 nitrogen and oxygen atoms in total. The number of amides is 4. The number of oxime groups is 1. The van der Waals surface area contributed by atoms with Gasteiger partial charge in [0.05, 0.1) is 35.5 Å². The highest BCUT2D eigenvalue weighted by Crippen LogP contribution is 2.28. The van der Waals surface area contributed by atoms with E-state index >= 15 is 0 Å². The van der Waals surface area contributed by atoms with Gasteiger partial charge >= 0.3 is 12.1 Å². The molecule has 1 N–H and O–H groups in total. The summed E-state index contributed by atoms with van der Waals surface area (Å²) in [6, 6.07) is 22.4. The average molecular weight is 735 g/mol. The van der Waals surface area contributed by atoms with E-state index in [1.807, 2.05) is 80.6 Å². The highest BCUT2D eigenvalue weighted by atomic mass is 16.7. The van der Waals surface area contributed by atoms with Crippen LogP contribution in [0.3, 0.4) is 0 Å². The molecular formula is C41H42N4O9. The van der Waals surface area contributed by atoms with Crippen LogP contribution >= 0.6 is 0 Å². The summed E-state index contributed by atoms with van der Waals surface area (Å²) < 4.78 is 11.4. The molecule has 6 rings (SSSR count). The quantitative estimate of drug-likeness (QED) is 0.179. The molecule has 0 bridgehead atoms. The van der Waals surface area contributed by atoms with Gasteiger partial charge in [0, 0.05) is 42.5 Å². The number of hydroxylamine groups is 2. The Hall–Kier alpha value is -6.00. The van der Waals surface area contributed by atoms with Crippen molar-refractivity contribution in [3.05, 3.63) is 101 Å². The Kier molecular flexibility index (Phi) is 11.1. The van der Waals surface area contributed by atoms with Crippen LogP contribution in [0.5, 0.6) is 0 Å². The minimum atomic E-state index is -0.942. The van der Waals surface area contributed by atoms with Crippen molar-refractivity contribution in [1.82, 2.24) is 10.4 Å². The van der Waals surface area contributed by atoms with E-state index < -0.39 is 35.0 Å². The van der Waals surface area contributed by atoms with Gasteiger partial charge in [-0.05, 0) is 69.5 Å². The second-order valence-corrected chi connectivity index (χ2v) is 14.6. The number of hydrogen-bond donors (Lipinski definition) is 1. The summed E-state index contributed by atoms with van der Waals surface area (Å²) in [6.45, 7) is 7.58. The zero-order valence-corrected chi connectivity index (χ0v) is 30.7. The molecule has 13 heteroatoms. The molecule has 0 aliphatic carbocycles. The molecule has 1 unspecified atom stereocenters. The van der Waals surface area contributed by atoms with Gasteiger partial charge in [0.15, 0.2) is 6.10 Å². The smallest absolute Gasteiger partial charge is 0.407 e. The van der Waals surface area contributed by atoms with Crippen molar-refractivity contribution < 1.29 is 43.1 Å². The van der Waals surface area contributed by atoms with Crippen molar-refractivity contribution in [3.8, 4) is 11.8 Å². The van der Waals surface area contributed by atoms with Crippen LogP contribution in [0.15, 0.2) is 78.0 Å². The molecule has 280 valence electrons. The average Bonchev–Trinajstić information content (AvgIpc) is 3.73. The van der Waals surface area contributed by atoms with Crippen molar-refractivity contribution >= 4 is 41.2 Å². The molecule has 3 aliphatic rings. The lowest BCUT2D eigenvalue weighted by molar-refractivity contribution is -0.200. The minimum Gasteiger partial charge on any atom is -0.445 e. The molecule has 0 radical (unpaired) electrons. The number of anilines is 1. The molecule has 3 aromatic rings. The Bertz CT molecular complexity index is 2030. The van der Waals surface area contributed by atoms with Crippen LogP contribution in [0.25, 0.3) is 0 Å². The van der Waals surface area contributed by atoms with Gasteiger partial charge in [0.1, 0.15) is 6.61 Å². The predicted octanol–water partition coefficient (Wildman–Crippen LogP) is 5.43. The van der Waals surface area contributed by atoms with Crippen molar-refractivity contribution in [2.45, 2.75) is 83.6 Å². The Labute approximate surface area is 313 Å². The topological polar surface area (TPSA) is 153 Å². The second kappa shape index (κ2) is 15.9. The predicted molar refractivity (Wildman–Crippen MR) is 197 cm³/mol. The summed E-state index contributed by atoms with van der Waals surface area (Å²) >= 11 is 0. The van der Waals surface area contributed by atoms with Gasteiger partial charge in [0.2, 0.25) is 0 Å². The number of para-hydroxylation sites is 1. The fraction of sp³-hybridized carbons (Fsp3) is 0.366. The molecule has 0 aromatic heterocycles. The SMILES string of the molecule is CC(C)(CCOC(C)(C)CC(=O)ON1C(=O)CCC1=O)NC(=O)OCc1ccc(C2=NOC(CN3C(=O)c4ccccc4C#Cc4ccccc43)C2)cc1. The monoisotopic (exact) mass is 734 g/mol. The number of fused-ring (bicyclic) bond motifs is 2. The third-order valence-corrected chi connectivity index (χ3v) is 9.13. The van der Waals surface area contributed by atoms with Crippen molar-refractivity contribution in [1.29, 1.82) is 0 Å². The van der Waals surface area contributed by atoms with E-state index in [4.69, 9.17) is 19.1 Å². The molecule has 4 amide bonds. The molecule has 54 heavy (non-hydrogen) atoms. The Morgan fingerprint density at radius 2 is 1.57 bits per heavy atom. The van der Waals surface area contributed by atoms with Crippen LogP contribution in [0.1, 0.15) is 92.4 Å². The lowest BCUT2D eigenvalue weighted by Crippen LogP contribution is -2.45. The number of hydrogen-bond acceptors (Lipinski definition) is 10. The number of ether oxygens (including phenoxy) is 2. The maximum Gasteiger partial charge on any atom is 0.407 e. The molecule has 1 saturated heterocycles. The Balaban J connectivity index is 0.947. The normalized spacial score (nSPS) is 16.6. The van der Waals surface area contributed by atoms with Crippen LogP contribution in [0.2, 0.25) is 0 Å². The maximum absolute atomic E-state index is 13.8. The van der Waals surface area contributed by atoms with Gasteiger partial charge in [-0.15, -0.1) is 5.06 Å².